The average Bonchev–Trinajstić information content (AvgIpc) is 2.67. The standard InChI is InChI=1S/C15H12O2S/c1-9-7-12(10(2)18-9)13-8-15(16)17-14-6-4-3-5-11(13)14/h3-8H,1-2H3. The Morgan fingerprint density at radius 3 is 2.56 bits per heavy atom. The van der Waals surface area contributed by atoms with Crippen LogP contribution in [0.25, 0.3) is 22.1 Å². The van der Waals surface area contributed by atoms with Crippen molar-refractivity contribution < 1.29 is 4.42 Å². The summed E-state index contributed by atoms with van der Waals surface area (Å²) in [7, 11) is 0. The minimum atomic E-state index is -0.299. The first-order valence-electron chi connectivity index (χ1n) is 5.75. The quantitative estimate of drug-likeness (QED) is 0.612. The summed E-state index contributed by atoms with van der Waals surface area (Å²) in [5, 5.41) is 0.984. The van der Waals surface area contributed by atoms with Crippen LogP contribution in [0, 0.1) is 13.8 Å². The Morgan fingerprint density at radius 1 is 1.06 bits per heavy atom. The first-order valence-corrected chi connectivity index (χ1v) is 6.57. The third-order valence-corrected chi connectivity index (χ3v) is 3.95. The summed E-state index contributed by atoms with van der Waals surface area (Å²) in [6.45, 7) is 4.16. The Bertz CT molecular complexity index is 781. The molecule has 0 unspecified atom stereocenters. The van der Waals surface area contributed by atoms with Crippen molar-refractivity contribution in [2.75, 3.05) is 0 Å². The maximum atomic E-state index is 11.6. The van der Waals surface area contributed by atoms with Gasteiger partial charge in [0.1, 0.15) is 5.58 Å². The van der Waals surface area contributed by atoms with Gasteiger partial charge in [-0.05, 0) is 31.5 Å². The first-order chi connectivity index (χ1) is 8.65. The summed E-state index contributed by atoms with van der Waals surface area (Å²) >= 11 is 1.75. The van der Waals surface area contributed by atoms with E-state index in [2.05, 4.69) is 19.9 Å². The molecular formula is C15H12O2S. The minimum absolute atomic E-state index is 0.299. The van der Waals surface area contributed by atoms with Crippen LogP contribution in [0.3, 0.4) is 0 Å². The predicted octanol–water partition coefficient (Wildman–Crippen LogP) is 4.14. The van der Waals surface area contributed by atoms with Gasteiger partial charge in [-0.1, -0.05) is 18.2 Å². The molecule has 0 radical (unpaired) electrons. The van der Waals surface area contributed by atoms with Crippen molar-refractivity contribution in [3.8, 4) is 11.1 Å². The van der Waals surface area contributed by atoms with E-state index >= 15 is 0 Å². The van der Waals surface area contributed by atoms with Crippen LogP contribution in [0.4, 0.5) is 0 Å². The van der Waals surface area contributed by atoms with Crippen molar-refractivity contribution in [3.63, 3.8) is 0 Å². The molecule has 0 aliphatic carbocycles. The number of thiophene rings is 1. The van der Waals surface area contributed by atoms with E-state index in [1.807, 2.05) is 24.3 Å². The molecular weight excluding hydrogens is 244 g/mol. The topological polar surface area (TPSA) is 30.2 Å². The molecule has 3 heteroatoms. The maximum absolute atomic E-state index is 11.6. The summed E-state index contributed by atoms with van der Waals surface area (Å²) < 4.78 is 5.22. The van der Waals surface area contributed by atoms with E-state index in [0.717, 1.165) is 16.5 Å². The van der Waals surface area contributed by atoms with Crippen molar-refractivity contribution in [2.24, 2.45) is 0 Å². The molecule has 0 saturated heterocycles. The van der Waals surface area contributed by atoms with Gasteiger partial charge in [0, 0.05) is 26.8 Å². The molecule has 1 aromatic carbocycles. The number of hydrogen-bond acceptors (Lipinski definition) is 3. The summed E-state index contributed by atoms with van der Waals surface area (Å²) in [6, 6.07) is 11.4. The van der Waals surface area contributed by atoms with Gasteiger partial charge in [-0.3, -0.25) is 0 Å². The molecule has 2 nitrogen and oxygen atoms in total. The fourth-order valence-corrected chi connectivity index (χ4v) is 3.17. The second kappa shape index (κ2) is 4.10. The normalized spacial score (nSPS) is 11.0. The zero-order chi connectivity index (χ0) is 12.7. The largest absolute Gasteiger partial charge is 0.423 e. The zero-order valence-electron chi connectivity index (χ0n) is 10.2. The highest BCUT2D eigenvalue weighted by Gasteiger charge is 2.11. The summed E-state index contributed by atoms with van der Waals surface area (Å²) in [5.41, 5.74) is 2.43. The van der Waals surface area contributed by atoms with Gasteiger partial charge in [-0.15, -0.1) is 11.3 Å². The number of aryl methyl sites for hydroxylation is 2. The molecule has 0 spiro atoms. The molecule has 2 heterocycles. The Kier molecular flexibility index (Phi) is 2.56. The van der Waals surface area contributed by atoms with E-state index in [4.69, 9.17) is 4.42 Å². The second-order valence-electron chi connectivity index (χ2n) is 4.30. The van der Waals surface area contributed by atoms with Crippen molar-refractivity contribution in [3.05, 3.63) is 56.6 Å². The summed E-state index contributed by atoms with van der Waals surface area (Å²) in [4.78, 5) is 14.1. The molecule has 0 atom stereocenters. The zero-order valence-corrected chi connectivity index (χ0v) is 11.0. The Morgan fingerprint density at radius 2 is 1.83 bits per heavy atom. The molecule has 90 valence electrons. The lowest BCUT2D eigenvalue weighted by Gasteiger charge is -2.04. The van der Waals surface area contributed by atoms with E-state index < -0.39 is 0 Å². The van der Waals surface area contributed by atoms with Gasteiger partial charge in [-0.2, -0.15) is 0 Å². The van der Waals surface area contributed by atoms with E-state index in [9.17, 15) is 4.79 Å². The van der Waals surface area contributed by atoms with E-state index in [-0.39, 0.29) is 5.63 Å². The van der Waals surface area contributed by atoms with Crippen LogP contribution in [0.2, 0.25) is 0 Å². The van der Waals surface area contributed by atoms with E-state index in [0.29, 0.717) is 5.58 Å². The Balaban J connectivity index is 2.41. The number of rotatable bonds is 1. The van der Waals surface area contributed by atoms with Crippen molar-refractivity contribution in [1.29, 1.82) is 0 Å². The molecule has 0 aliphatic heterocycles. The first kappa shape index (κ1) is 11.2. The lowest BCUT2D eigenvalue weighted by Crippen LogP contribution is -1.97. The highest BCUT2D eigenvalue weighted by atomic mass is 32.1. The van der Waals surface area contributed by atoms with Crippen LogP contribution in [-0.4, -0.2) is 0 Å². The summed E-state index contributed by atoms with van der Waals surface area (Å²) in [5.74, 6) is 0. The minimum Gasteiger partial charge on any atom is -0.423 e. The maximum Gasteiger partial charge on any atom is 0.336 e. The molecule has 2 aromatic heterocycles. The molecule has 18 heavy (non-hydrogen) atoms. The fraction of sp³-hybridized carbons (Fsp3) is 0.133. The lowest BCUT2D eigenvalue weighted by atomic mass is 10.0. The van der Waals surface area contributed by atoms with Gasteiger partial charge in [0.25, 0.3) is 0 Å². The van der Waals surface area contributed by atoms with Crippen LogP contribution in [0.5, 0.6) is 0 Å². The van der Waals surface area contributed by atoms with Crippen LogP contribution in [0.15, 0.2) is 45.6 Å². The molecule has 3 aromatic rings. The van der Waals surface area contributed by atoms with Gasteiger partial charge in [-0.25, -0.2) is 4.79 Å². The van der Waals surface area contributed by atoms with Gasteiger partial charge < -0.3 is 4.42 Å². The fourth-order valence-electron chi connectivity index (χ4n) is 2.23. The molecule has 0 N–H and O–H groups in total. The Labute approximate surface area is 109 Å². The molecule has 0 amide bonds. The smallest absolute Gasteiger partial charge is 0.336 e. The number of benzene rings is 1. The number of hydrogen-bond donors (Lipinski definition) is 0. The van der Waals surface area contributed by atoms with Crippen molar-refractivity contribution >= 4 is 22.3 Å². The average molecular weight is 256 g/mol. The van der Waals surface area contributed by atoms with Crippen LogP contribution in [-0.2, 0) is 0 Å². The molecule has 0 saturated carbocycles. The van der Waals surface area contributed by atoms with E-state index in [1.54, 1.807) is 17.4 Å². The third-order valence-electron chi connectivity index (χ3n) is 2.98. The SMILES string of the molecule is Cc1cc(-c2cc(=O)oc3ccccc23)c(C)s1. The predicted molar refractivity (Wildman–Crippen MR) is 75.3 cm³/mol. The van der Waals surface area contributed by atoms with Crippen LogP contribution in [0.1, 0.15) is 9.75 Å². The van der Waals surface area contributed by atoms with Crippen molar-refractivity contribution in [2.45, 2.75) is 13.8 Å². The Hall–Kier alpha value is -1.87. The van der Waals surface area contributed by atoms with Gasteiger partial charge >= 0.3 is 5.63 Å². The molecule has 0 fully saturated rings. The lowest BCUT2D eigenvalue weighted by molar-refractivity contribution is 0.561. The van der Waals surface area contributed by atoms with E-state index in [1.165, 1.54) is 9.75 Å². The van der Waals surface area contributed by atoms with Crippen LogP contribution < -0.4 is 5.63 Å². The molecule has 0 aliphatic rings. The molecule has 0 bridgehead atoms. The highest BCUT2D eigenvalue weighted by molar-refractivity contribution is 7.12. The van der Waals surface area contributed by atoms with Gasteiger partial charge in [0.2, 0.25) is 0 Å². The molecule has 3 rings (SSSR count). The van der Waals surface area contributed by atoms with Gasteiger partial charge in [0.15, 0.2) is 0 Å². The highest BCUT2D eigenvalue weighted by Crippen LogP contribution is 2.34. The van der Waals surface area contributed by atoms with Crippen molar-refractivity contribution in [1.82, 2.24) is 0 Å². The number of para-hydroxylation sites is 1. The van der Waals surface area contributed by atoms with Gasteiger partial charge in [0.05, 0.1) is 0 Å². The summed E-state index contributed by atoms with van der Waals surface area (Å²) in [6.07, 6.45) is 0. The number of fused-ring (bicyclic) bond motifs is 1. The second-order valence-corrected chi connectivity index (χ2v) is 5.76. The monoisotopic (exact) mass is 256 g/mol. The van der Waals surface area contributed by atoms with Crippen LogP contribution >= 0.6 is 11.3 Å². The third kappa shape index (κ3) is 1.77.